The quantitative estimate of drug-likeness (QED) is 0.631. The van der Waals surface area contributed by atoms with Crippen LogP contribution in [0, 0.1) is 11.3 Å². The zero-order chi connectivity index (χ0) is 8.77. The Morgan fingerprint density at radius 2 is 2.42 bits per heavy atom. The van der Waals surface area contributed by atoms with Crippen LogP contribution < -0.4 is 0 Å². The van der Waals surface area contributed by atoms with Crippen molar-refractivity contribution in [3.05, 3.63) is 0 Å². The summed E-state index contributed by atoms with van der Waals surface area (Å²) >= 11 is 0. The Morgan fingerprint density at radius 3 is 2.92 bits per heavy atom. The molecule has 3 heteroatoms. The Hall–Kier alpha value is -0.570. The summed E-state index contributed by atoms with van der Waals surface area (Å²) in [5.74, 6) is -0.634. The van der Waals surface area contributed by atoms with Crippen LogP contribution in [0.3, 0.4) is 0 Å². The molecule has 0 amide bonds. The van der Waals surface area contributed by atoms with Crippen LogP contribution in [0.2, 0.25) is 0 Å². The van der Waals surface area contributed by atoms with Gasteiger partial charge in [0.1, 0.15) is 0 Å². The molecule has 2 unspecified atom stereocenters. The van der Waals surface area contributed by atoms with Crippen LogP contribution in [0.15, 0.2) is 0 Å². The van der Waals surface area contributed by atoms with E-state index in [0.717, 1.165) is 25.9 Å². The van der Waals surface area contributed by atoms with Crippen molar-refractivity contribution < 1.29 is 9.90 Å². The molecule has 1 aliphatic heterocycles. The van der Waals surface area contributed by atoms with Crippen molar-refractivity contribution >= 4 is 5.97 Å². The number of carboxylic acid groups (broad SMARTS) is 1. The predicted octanol–water partition coefficient (Wildman–Crippen LogP) is 0.803. The highest BCUT2D eigenvalue weighted by molar-refractivity contribution is 5.74. The first-order valence-corrected chi connectivity index (χ1v) is 4.55. The Kier molecular flexibility index (Phi) is 1.65. The number of hydrogen-bond acceptors (Lipinski definition) is 2. The number of piperidine rings is 1. The fourth-order valence-corrected chi connectivity index (χ4v) is 2.54. The van der Waals surface area contributed by atoms with Crippen LogP contribution >= 0.6 is 0 Å². The fourth-order valence-electron chi connectivity index (χ4n) is 2.54. The van der Waals surface area contributed by atoms with E-state index < -0.39 is 5.97 Å². The third-order valence-electron chi connectivity index (χ3n) is 3.29. The summed E-state index contributed by atoms with van der Waals surface area (Å²) in [5.41, 5.74) is 0.166. The van der Waals surface area contributed by atoms with Crippen molar-refractivity contribution in [3.63, 3.8) is 0 Å². The van der Waals surface area contributed by atoms with Crippen molar-refractivity contribution in [3.8, 4) is 0 Å². The minimum Gasteiger partial charge on any atom is -0.481 e. The zero-order valence-corrected chi connectivity index (χ0v) is 7.42. The van der Waals surface area contributed by atoms with Gasteiger partial charge in [-0.3, -0.25) is 4.79 Å². The molecule has 1 saturated carbocycles. The van der Waals surface area contributed by atoms with Crippen LogP contribution in [-0.4, -0.2) is 36.1 Å². The minimum atomic E-state index is -0.592. The van der Waals surface area contributed by atoms with E-state index >= 15 is 0 Å². The maximum absolute atomic E-state index is 10.7. The van der Waals surface area contributed by atoms with E-state index in [9.17, 15) is 4.79 Å². The number of aliphatic carboxylic acids is 1. The second kappa shape index (κ2) is 2.46. The van der Waals surface area contributed by atoms with Gasteiger partial charge in [-0.2, -0.15) is 0 Å². The van der Waals surface area contributed by atoms with E-state index in [2.05, 4.69) is 11.9 Å². The van der Waals surface area contributed by atoms with Gasteiger partial charge in [0, 0.05) is 6.54 Å². The van der Waals surface area contributed by atoms with E-state index in [1.165, 1.54) is 6.42 Å². The highest BCUT2D eigenvalue weighted by Crippen LogP contribution is 2.57. The highest BCUT2D eigenvalue weighted by atomic mass is 16.4. The lowest BCUT2D eigenvalue weighted by Crippen LogP contribution is -2.35. The van der Waals surface area contributed by atoms with Gasteiger partial charge in [-0.25, -0.2) is 0 Å². The molecule has 2 atom stereocenters. The van der Waals surface area contributed by atoms with Crippen molar-refractivity contribution in [2.75, 3.05) is 20.1 Å². The molecule has 2 fully saturated rings. The van der Waals surface area contributed by atoms with Gasteiger partial charge in [0.25, 0.3) is 0 Å². The molecule has 0 bridgehead atoms. The molecule has 1 aliphatic carbocycles. The van der Waals surface area contributed by atoms with E-state index in [-0.39, 0.29) is 11.3 Å². The summed E-state index contributed by atoms with van der Waals surface area (Å²) in [6, 6.07) is 0. The van der Waals surface area contributed by atoms with E-state index in [1.54, 1.807) is 0 Å². The summed E-state index contributed by atoms with van der Waals surface area (Å²) in [7, 11) is 2.08. The number of rotatable bonds is 1. The number of carbonyl (C=O) groups is 1. The first-order valence-electron chi connectivity index (χ1n) is 4.55. The van der Waals surface area contributed by atoms with Crippen LogP contribution in [0.25, 0.3) is 0 Å². The van der Waals surface area contributed by atoms with Crippen molar-refractivity contribution in [1.82, 2.24) is 4.90 Å². The molecule has 1 N–H and O–H groups in total. The number of nitrogens with zero attached hydrogens (tertiary/aromatic N) is 1. The summed E-state index contributed by atoms with van der Waals surface area (Å²) in [6.07, 6.45) is 3.20. The normalized spacial score (nSPS) is 41.6. The Morgan fingerprint density at radius 1 is 1.67 bits per heavy atom. The molecular formula is C9H15NO2. The maximum atomic E-state index is 10.7. The smallest absolute Gasteiger partial charge is 0.307 e. The molecule has 2 rings (SSSR count). The lowest BCUT2D eigenvalue weighted by Gasteiger charge is -2.30. The zero-order valence-electron chi connectivity index (χ0n) is 7.42. The molecule has 0 radical (unpaired) electrons. The molecule has 1 saturated heterocycles. The predicted molar refractivity (Wildman–Crippen MR) is 44.9 cm³/mol. The third kappa shape index (κ3) is 1.12. The first-order chi connectivity index (χ1) is 5.64. The molecule has 68 valence electrons. The molecular weight excluding hydrogens is 154 g/mol. The summed E-state index contributed by atoms with van der Waals surface area (Å²) in [4.78, 5) is 13.0. The molecule has 2 aliphatic rings. The number of likely N-dealkylation sites (tertiary alicyclic amines) is 1. The van der Waals surface area contributed by atoms with Gasteiger partial charge in [0.05, 0.1) is 5.92 Å². The van der Waals surface area contributed by atoms with Gasteiger partial charge < -0.3 is 10.0 Å². The second-order valence-electron chi connectivity index (χ2n) is 4.30. The lowest BCUT2D eigenvalue weighted by atomic mass is 9.93. The third-order valence-corrected chi connectivity index (χ3v) is 3.29. The number of hydrogen-bond donors (Lipinski definition) is 1. The van der Waals surface area contributed by atoms with Crippen LogP contribution in [0.1, 0.15) is 19.3 Å². The van der Waals surface area contributed by atoms with Gasteiger partial charge in [-0.15, -0.1) is 0 Å². The van der Waals surface area contributed by atoms with Gasteiger partial charge in [0.2, 0.25) is 0 Å². The molecule has 3 nitrogen and oxygen atoms in total. The standard InChI is InChI=1S/C9H15NO2/c1-10-4-2-3-9(6-10)5-7(9)8(11)12/h7H,2-6H2,1H3,(H,11,12). The summed E-state index contributed by atoms with van der Waals surface area (Å²) in [6.45, 7) is 2.12. The van der Waals surface area contributed by atoms with Gasteiger partial charge in [-0.1, -0.05) is 0 Å². The molecule has 1 spiro atoms. The fraction of sp³-hybridized carbons (Fsp3) is 0.889. The van der Waals surface area contributed by atoms with Crippen LogP contribution in [0.5, 0.6) is 0 Å². The minimum absolute atomic E-state index is 0.0414. The van der Waals surface area contributed by atoms with Gasteiger partial charge in [0.15, 0.2) is 0 Å². The molecule has 0 aromatic heterocycles. The van der Waals surface area contributed by atoms with Crippen molar-refractivity contribution in [1.29, 1.82) is 0 Å². The van der Waals surface area contributed by atoms with E-state index in [4.69, 9.17) is 5.11 Å². The summed E-state index contributed by atoms with van der Waals surface area (Å²) in [5, 5.41) is 8.84. The molecule has 1 heterocycles. The average Bonchev–Trinajstić information content (AvgIpc) is 2.63. The van der Waals surface area contributed by atoms with Gasteiger partial charge >= 0.3 is 5.97 Å². The Bertz CT molecular complexity index is 217. The maximum Gasteiger partial charge on any atom is 0.307 e. The molecule has 0 aromatic rings. The Balaban J connectivity index is 2.01. The largest absolute Gasteiger partial charge is 0.481 e. The topological polar surface area (TPSA) is 40.5 Å². The lowest BCUT2D eigenvalue weighted by molar-refractivity contribution is -0.139. The average molecular weight is 169 g/mol. The van der Waals surface area contributed by atoms with Gasteiger partial charge in [-0.05, 0) is 38.3 Å². The van der Waals surface area contributed by atoms with E-state index in [0.29, 0.717) is 0 Å². The Labute approximate surface area is 72.4 Å². The van der Waals surface area contributed by atoms with Crippen molar-refractivity contribution in [2.45, 2.75) is 19.3 Å². The first kappa shape index (κ1) is 8.05. The van der Waals surface area contributed by atoms with Crippen LogP contribution in [-0.2, 0) is 4.79 Å². The van der Waals surface area contributed by atoms with Crippen molar-refractivity contribution in [2.24, 2.45) is 11.3 Å². The molecule has 0 aromatic carbocycles. The second-order valence-corrected chi connectivity index (χ2v) is 4.30. The van der Waals surface area contributed by atoms with Crippen LogP contribution in [0.4, 0.5) is 0 Å². The highest BCUT2D eigenvalue weighted by Gasteiger charge is 2.59. The summed E-state index contributed by atoms with van der Waals surface area (Å²) < 4.78 is 0. The molecule has 12 heavy (non-hydrogen) atoms. The van der Waals surface area contributed by atoms with E-state index in [1.807, 2.05) is 0 Å². The SMILES string of the molecule is CN1CCCC2(CC2C(=O)O)C1. The number of carboxylic acids is 1. The monoisotopic (exact) mass is 169 g/mol.